The zero-order chi connectivity index (χ0) is 32.8. The topological polar surface area (TPSA) is 179 Å². The average molecular weight is 599 g/mol. The van der Waals surface area contributed by atoms with E-state index >= 15 is 0 Å². The number of Topliss-reactive ketones (excluding diaryl/α,β-unsaturated/α-hetero) is 3. The molecule has 0 amide bonds. The molecule has 3 aliphatic carbocycles. The first-order valence-electron chi connectivity index (χ1n) is 14.5. The number of hydrogen-bond donors (Lipinski definition) is 5. The number of allylic oxidation sites excluding steroid dienone is 1. The third-order valence-corrected chi connectivity index (χ3v) is 9.92. The van der Waals surface area contributed by atoms with Crippen molar-refractivity contribution in [3.8, 4) is 5.75 Å². The quantitative estimate of drug-likeness (QED) is 0.246. The molecule has 1 aromatic rings. The van der Waals surface area contributed by atoms with E-state index in [0.29, 0.717) is 5.56 Å². The van der Waals surface area contributed by atoms with Crippen LogP contribution in [0.25, 0.3) is 0 Å². The maximum Gasteiger partial charge on any atom is 0.310 e. The number of aromatic hydroxyl groups is 1. The van der Waals surface area contributed by atoms with E-state index in [1.165, 1.54) is 19.9 Å². The maximum atomic E-state index is 14.2. The summed E-state index contributed by atoms with van der Waals surface area (Å²) in [6, 6.07) is 3.06. The van der Waals surface area contributed by atoms with Crippen molar-refractivity contribution >= 4 is 23.3 Å². The Kier molecular flexibility index (Phi) is 7.55. The van der Waals surface area contributed by atoms with Crippen molar-refractivity contribution in [2.45, 2.75) is 86.4 Å². The number of rotatable bonds is 5. The molecule has 0 aromatic heterocycles. The number of carbonyl (C=O) groups is 4. The van der Waals surface area contributed by atoms with Crippen LogP contribution in [0.15, 0.2) is 34.8 Å². The van der Waals surface area contributed by atoms with Crippen LogP contribution in [0.4, 0.5) is 0 Å². The van der Waals surface area contributed by atoms with E-state index in [0.717, 1.165) is 6.92 Å². The van der Waals surface area contributed by atoms with Crippen LogP contribution in [-0.4, -0.2) is 67.2 Å². The van der Waals surface area contributed by atoms with Crippen LogP contribution in [0, 0.1) is 28.1 Å². The molecule has 0 bridgehead atoms. The molecule has 4 rings (SSSR count). The Bertz CT molecular complexity index is 1510. The molecule has 6 atom stereocenters. The highest BCUT2D eigenvalue weighted by atomic mass is 16.5. The summed E-state index contributed by atoms with van der Waals surface area (Å²) in [5, 5.41) is 58.7. The lowest BCUT2D eigenvalue weighted by Gasteiger charge is -2.63. The molecule has 0 spiro atoms. The monoisotopic (exact) mass is 598 g/mol. The smallest absolute Gasteiger partial charge is 0.310 e. The molecule has 234 valence electrons. The van der Waals surface area contributed by atoms with Crippen LogP contribution in [0.5, 0.6) is 5.75 Å². The fourth-order valence-electron chi connectivity index (χ4n) is 7.63. The molecule has 10 heteroatoms. The second-order valence-corrected chi connectivity index (χ2v) is 14.3. The second-order valence-electron chi connectivity index (χ2n) is 14.3. The van der Waals surface area contributed by atoms with Crippen molar-refractivity contribution in [2.24, 2.45) is 28.1 Å². The van der Waals surface area contributed by atoms with Crippen molar-refractivity contribution in [3.05, 3.63) is 51.5 Å². The zero-order valence-corrected chi connectivity index (χ0v) is 26.2. The van der Waals surface area contributed by atoms with Gasteiger partial charge in [0.2, 0.25) is 5.78 Å². The van der Waals surface area contributed by atoms with Gasteiger partial charge in [-0.05, 0) is 29.7 Å². The standard InChI is InChI=1S/C33H42O10/c1-14(2)22-25(37)20(16(4)34)27(39)33(42)28(40)23-26(38)21-18(15(3)31(23,8)29(41)32(22,33)9)11-10-17(24(21)36)12-19(35)43-13-30(5,6)7/h10-11,14-15,22,29,36-37,40-42H,12-13H2,1-9H3/t15-,22?,29-,31+,32+,33+/m1/s1. The van der Waals surface area contributed by atoms with E-state index in [2.05, 4.69) is 0 Å². The molecule has 43 heavy (non-hydrogen) atoms. The first-order chi connectivity index (χ1) is 19.6. The van der Waals surface area contributed by atoms with Crippen molar-refractivity contribution in [1.82, 2.24) is 0 Å². The lowest BCUT2D eigenvalue weighted by Crippen LogP contribution is -2.73. The number of phenols is 1. The van der Waals surface area contributed by atoms with Crippen molar-refractivity contribution in [2.75, 3.05) is 6.61 Å². The molecule has 5 N–H and O–H groups in total. The number of ketones is 3. The van der Waals surface area contributed by atoms with Crippen molar-refractivity contribution in [1.29, 1.82) is 0 Å². The maximum absolute atomic E-state index is 14.2. The molecule has 0 radical (unpaired) electrons. The van der Waals surface area contributed by atoms with E-state index in [-0.39, 0.29) is 29.6 Å². The van der Waals surface area contributed by atoms with Gasteiger partial charge in [0, 0.05) is 22.3 Å². The minimum absolute atomic E-state index is 0.0992. The van der Waals surface area contributed by atoms with Gasteiger partial charge in [-0.3, -0.25) is 19.2 Å². The molecule has 0 aliphatic heterocycles. The summed E-state index contributed by atoms with van der Waals surface area (Å²) in [7, 11) is 0. The third-order valence-electron chi connectivity index (χ3n) is 9.92. The summed E-state index contributed by atoms with van der Waals surface area (Å²) >= 11 is 0. The summed E-state index contributed by atoms with van der Waals surface area (Å²) in [6.07, 6.45) is -2.05. The molecule has 0 saturated carbocycles. The highest BCUT2D eigenvalue weighted by molar-refractivity contribution is 6.25. The molecule has 0 saturated heterocycles. The van der Waals surface area contributed by atoms with E-state index < -0.39 is 92.0 Å². The SMILES string of the molecule is CC(=O)C1=C(O)C(C(C)C)[C@@]2(C)[C@H](O)[C@]3(C)C(=C(O)[C@@]2(O)C1=O)C(=O)c1c(ccc(CC(=O)OCC(C)(C)C)c1O)[C@H]3C. The highest BCUT2D eigenvalue weighted by Gasteiger charge is 2.76. The molecule has 1 unspecified atom stereocenters. The summed E-state index contributed by atoms with van der Waals surface area (Å²) in [5.74, 6) is -8.35. The van der Waals surface area contributed by atoms with Gasteiger partial charge in [0.05, 0.1) is 30.3 Å². The molecule has 0 heterocycles. The van der Waals surface area contributed by atoms with E-state index in [1.807, 2.05) is 20.8 Å². The van der Waals surface area contributed by atoms with Gasteiger partial charge >= 0.3 is 5.97 Å². The predicted octanol–water partition coefficient (Wildman–Crippen LogP) is 4.01. The Morgan fingerprint density at radius 2 is 1.65 bits per heavy atom. The number of benzene rings is 1. The number of aliphatic hydroxyl groups excluding tert-OH is 3. The Morgan fingerprint density at radius 3 is 2.16 bits per heavy atom. The molecular formula is C33H42O10. The third kappa shape index (κ3) is 4.20. The van der Waals surface area contributed by atoms with Crippen LogP contribution in [-0.2, 0) is 25.5 Å². The van der Waals surface area contributed by atoms with Crippen molar-refractivity contribution < 1.29 is 49.4 Å². The zero-order valence-electron chi connectivity index (χ0n) is 26.2. The number of carbonyl (C=O) groups excluding carboxylic acids is 4. The Morgan fingerprint density at radius 1 is 1.07 bits per heavy atom. The van der Waals surface area contributed by atoms with Crippen LogP contribution in [0.2, 0.25) is 0 Å². The summed E-state index contributed by atoms with van der Waals surface area (Å²) < 4.78 is 5.31. The van der Waals surface area contributed by atoms with Crippen LogP contribution >= 0.6 is 0 Å². The fourth-order valence-corrected chi connectivity index (χ4v) is 7.63. The van der Waals surface area contributed by atoms with Gasteiger partial charge < -0.3 is 30.3 Å². The number of esters is 1. The number of hydrogen-bond acceptors (Lipinski definition) is 10. The van der Waals surface area contributed by atoms with Gasteiger partial charge in [-0.1, -0.05) is 67.5 Å². The van der Waals surface area contributed by atoms with Crippen molar-refractivity contribution in [3.63, 3.8) is 0 Å². The molecule has 1 aromatic carbocycles. The summed E-state index contributed by atoms with van der Waals surface area (Å²) in [4.78, 5) is 53.2. The van der Waals surface area contributed by atoms with Gasteiger partial charge in [-0.15, -0.1) is 0 Å². The molecule has 0 fully saturated rings. The number of fused-ring (bicyclic) bond motifs is 3. The van der Waals surface area contributed by atoms with Gasteiger partial charge in [-0.2, -0.15) is 0 Å². The fraction of sp³-hybridized carbons (Fsp3) is 0.576. The minimum atomic E-state index is -2.96. The number of ether oxygens (including phenoxy) is 1. The number of phenolic OH excluding ortho intramolecular Hbond substituents is 1. The van der Waals surface area contributed by atoms with Gasteiger partial charge in [0.15, 0.2) is 17.2 Å². The van der Waals surface area contributed by atoms with Crippen LogP contribution < -0.4 is 0 Å². The highest BCUT2D eigenvalue weighted by Crippen LogP contribution is 2.67. The summed E-state index contributed by atoms with van der Waals surface area (Å²) in [6.45, 7) is 14.8. The van der Waals surface area contributed by atoms with Crippen LogP contribution in [0.3, 0.4) is 0 Å². The molecule has 10 nitrogen and oxygen atoms in total. The lowest BCUT2D eigenvalue weighted by molar-refractivity contribution is -0.211. The van der Waals surface area contributed by atoms with Gasteiger partial charge in [-0.25, -0.2) is 0 Å². The second kappa shape index (κ2) is 10.0. The Balaban J connectivity index is 1.97. The Labute approximate surface area is 251 Å². The Hall–Kier alpha value is -3.50. The van der Waals surface area contributed by atoms with E-state index in [4.69, 9.17) is 4.74 Å². The largest absolute Gasteiger partial charge is 0.511 e. The molecule has 3 aliphatic rings. The molecular weight excluding hydrogens is 556 g/mol. The average Bonchev–Trinajstić information content (AvgIpc) is 2.88. The predicted molar refractivity (Wildman–Crippen MR) is 155 cm³/mol. The normalized spacial score (nSPS) is 32.4. The van der Waals surface area contributed by atoms with Gasteiger partial charge in [0.1, 0.15) is 22.8 Å². The van der Waals surface area contributed by atoms with Crippen LogP contribution in [0.1, 0.15) is 89.7 Å². The van der Waals surface area contributed by atoms with E-state index in [9.17, 15) is 44.7 Å². The van der Waals surface area contributed by atoms with E-state index in [1.54, 1.807) is 26.8 Å². The first kappa shape index (κ1) is 32.4. The minimum Gasteiger partial charge on any atom is -0.511 e. The first-order valence-corrected chi connectivity index (χ1v) is 14.5. The summed E-state index contributed by atoms with van der Waals surface area (Å²) in [5.41, 5.74) is -7.84. The number of aliphatic hydroxyl groups is 4. The van der Waals surface area contributed by atoms with Gasteiger partial charge in [0.25, 0.3) is 0 Å². The lowest BCUT2D eigenvalue weighted by atomic mass is 9.41.